The minimum Gasteiger partial charge on any atom is -0.316 e. The van der Waals surface area contributed by atoms with Crippen LogP contribution in [0.15, 0.2) is 58.0 Å². The molecule has 5 heteroatoms. The Morgan fingerprint density at radius 3 is 2.68 bits per heavy atom. The number of carbonyl (C=O) groups is 1. The molecular formula is C17H15BrN2OS. The Morgan fingerprint density at radius 1 is 1.18 bits per heavy atom. The van der Waals surface area contributed by atoms with Crippen LogP contribution in [0.3, 0.4) is 0 Å². The summed E-state index contributed by atoms with van der Waals surface area (Å²) in [5.74, 6) is -0.219. The van der Waals surface area contributed by atoms with Gasteiger partial charge in [-0.05, 0) is 46.6 Å². The van der Waals surface area contributed by atoms with Crippen molar-refractivity contribution in [1.29, 1.82) is 0 Å². The second-order valence-corrected chi connectivity index (χ2v) is 6.76. The minimum absolute atomic E-state index is 0.219. The van der Waals surface area contributed by atoms with Crippen molar-refractivity contribution in [2.75, 3.05) is 0 Å². The zero-order valence-electron chi connectivity index (χ0n) is 12.1. The van der Waals surface area contributed by atoms with E-state index in [0.29, 0.717) is 5.56 Å². The van der Waals surface area contributed by atoms with Crippen LogP contribution >= 0.6 is 27.3 Å². The highest BCUT2D eigenvalue weighted by Gasteiger charge is 2.10. The van der Waals surface area contributed by atoms with E-state index in [2.05, 4.69) is 44.5 Å². The summed E-state index contributed by atoms with van der Waals surface area (Å²) in [5, 5.41) is 0. The fourth-order valence-electron chi connectivity index (χ4n) is 2.33. The lowest BCUT2D eigenvalue weighted by Gasteiger charge is -2.02. The molecule has 1 amide bonds. The first-order valence-corrected chi connectivity index (χ1v) is 8.73. The van der Waals surface area contributed by atoms with Crippen LogP contribution in [0.2, 0.25) is 0 Å². The predicted molar refractivity (Wildman–Crippen MR) is 94.1 cm³/mol. The number of carbonyl (C=O) groups excluding carboxylic acids is 1. The molecule has 0 bridgehead atoms. The van der Waals surface area contributed by atoms with E-state index in [4.69, 9.17) is 0 Å². The molecule has 22 heavy (non-hydrogen) atoms. The number of amides is 1. The topological polar surface area (TPSA) is 34.4 Å². The second-order valence-electron chi connectivity index (χ2n) is 4.90. The van der Waals surface area contributed by atoms with E-state index in [1.165, 1.54) is 0 Å². The molecule has 3 aromatic rings. The van der Waals surface area contributed by atoms with Gasteiger partial charge < -0.3 is 4.57 Å². The van der Waals surface area contributed by atoms with E-state index in [0.717, 1.165) is 32.5 Å². The molecule has 0 aliphatic heterocycles. The van der Waals surface area contributed by atoms with Crippen molar-refractivity contribution in [3.8, 4) is 0 Å². The van der Waals surface area contributed by atoms with E-state index in [9.17, 15) is 4.79 Å². The Hall–Kier alpha value is -1.72. The van der Waals surface area contributed by atoms with E-state index in [-0.39, 0.29) is 5.91 Å². The monoisotopic (exact) mass is 374 g/mol. The highest BCUT2D eigenvalue weighted by Crippen LogP contribution is 2.19. The summed E-state index contributed by atoms with van der Waals surface area (Å²) >= 11 is 4.96. The third kappa shape index (κ3) is 2.91. The lowest BCUT2D eigenvalue weighted by Crippen LogP contribution is -2.17. The number of aryl methyl sites for hydroxylation is 1. The number of halogens is 1. The molecule has 2 aromatic carbocycles. The van der Waals surface area contributed by atoms with Gasteiger partial charge in [-0.2, -0.15) is 4.99 Å². The van der Waals surface area contributed by atoms with Crippen LogP contribution < -0.4 is 4.80 Å². The van der Waals surface area contributed by atoms with Gasteiger partial charge in [0.05, 0.1) is 15.8 Å². The molecule has 0 saturated heterocycles. The molecule has 0 N–H and O–H groups in total. The Bertz CT molecular complexity index is 895. The van der Waals surface area contributed by atoms with Crippen LogP contribution in [0, 0.1) is 0 Å². The Balaban J connectivity index is 2.14. The largest absolute Gasteiger partial charge is 0.316 e. The molecule has 0 atom stereocenters. The van der Waals surface area contributed by atoms with Gasteiger partial charge in [0.25, 0.3) is 5.91 Å². The Kier molecular flexibility index (Phi) is 4.55. The van der Waals surface area contributed by atoms with Crippen LogP contribution in [0.4, 0.5) is 0 Å². The van der Waals surface area contributed by atoms with Crippen molar-refractivity contribution in [2.45, 2.75) is 19.9 Å². The van der Waals surface area contributed by atoms with Gasteiger partial charge in [-0.1, -0.05) is 42.5 Å². The van der Waals surface area contributed by atoms with Gasteiger partial charge >= 0.3 is 0 Å². The molecule has 3 nitrogen and oxygen atoms in total. The standard InChI is InChI=1S/C17H15BrN2OS/c1-2-11-20-14-9-5-6-10-15(14)22-17(20)19-16(21)12-7-3-4-8-13(12)18/h3-10H,2,11H2,1H3. The van der Waals surface area contributed by atoms with Gasteiger partial charge in [0.15, 0.2) is 4.80 Å². The number of aromatic nitrogens is 1. The minimum atomic E-state index is -0.219. The summed E-state index contributed by atoms with van der Waals surface area (Å²) in [7, 11) is 0. The highest BCUT2D eigenvalue weighted by atomic mass is 79.9. The third-order valence-electron chi connectivity index (χ3n) is 3.34. The summed E-state index contributed by atoms with van der Waals surface area (Å²) in [4.78, 5) is 17.6. The van der Waals surface area contributed by atoms with Gasteiger partial charge in [-0.15, -0.1) is 0 Å². The average molecular weight is 375 g/mol. The lowest BCUT2D eigenvalue weighted by atomic mass is 10.2. The van der Waals surface area contributed by atoms with E-state index >= 15 is 0 Å². The van der Waals surface area contributed by atoms with Crippen molar-refractivity contribution in [3.63, 3.8) is 0 Å². The molecule has 1 heterocycles. The molecule has 3 rings (SSSR count). The number of nitrogens with zero attached hydrogens (tertiary/aromatic N) is 2. The molecule has 0 aliphatic carbocycles. The Morgan fingerprint density at radius 2 is 1.91 bits per heavy atom. The first-order valence-electron chi connectivity index (χ1n) is 7.12. The Labute approximate surface area is 141 Å². The lowest BCUT2D eigenvalue weighted by molar-refractivity contribution is 0.0997. The summed E-state index contributed by atoms with van der Waals surface area (Å²) in [6.07, 6.45) is 0.997. The summed E-state index contributed by atoms with van der Waals surface area (Å²) in [5.41, 5.74) is 1.72. The first-order chi connectivity index (χ1) is 10.7. The molecule has 0 spiro atoms. The van der Waals surface area contributed by atoms with Crippen LogP contribution in [0.25, 0.3) is 10.2 Å². The SMILES string of the molecule is CCCn1c(=NC(=O)c2ccccc2Br)sc2ccccc21. The number of hydrogen-bond donors (Lipinski definition) is 0. The summed E-state index contributed by atoms with van der Waals surface area (Å²) < 4.78 is 4.04. The van der Waals surface area contributed by atoms with Crippen molar-refractivity contribution < 1.29 is 4.79 Å². The zero-order chi connectivity index (χ0) is 15.5. The first kappa shape index (κ1) is 15.2. The van der Waals surface area contributed by atoms with Gasteiger partial charge in [-0.3, -0.25) is 4.79 Å². The van der Waals surface area contributed by atoms with Gasteiger partial charge in [0, 0.05) is 11.0 Å². The van der Waals surface area contributed by atoms with Crippen molar-refractivity contribution >= 4 is 43.4 Å². The fraction of sp³-hybridized carbons (Fsp3) is 0.176. The van der Waals surface area contributed by atoms with Gasteiger partial charge in [0.2, 0.25) is 0 Å². The van der Waals surface area contributed by atoms with Crippen LogP contribution in [0.1, 0.15) is 23.7 Å². The fourth-order valence-corrected chi connectivity index (χ4v) is 3.84. The van der Waals surface area contributed by atoms with Gasteiger partial charge in [-0.25, -0.2) is 0 Å². The van der Waals surface area contributed by atoms with E-state index in [1.807, 2.05) is 30.3 Å². The van der Waals surface area contributed by atoms with Gasteiger partial charge in [0.1, 0.15) is 0 Å². The van der Waals surface area contributed by atoms with Crippen molar-refractivity contribution in [1.82, 2.24) is 4.57 Å². The average Bonchev–Trinajstić information content (AvgIpc) is 2.86. The van der Waals surface area contributed by atoms with Crippen LogP contribution in [0.5, 0.6) is 0 Å². The summed E-state index contributed by atoms with van der Waals surface area (Å²) in [6.45, 7) is 2.98. The highest BCUT2D eigenvalue weighted by molar-refractivity contribution is 9.10. The normalized spacial score (nSPS) is 12.0. The maximum absolute atomic E-state index is 12.5. The number of para-hydroxylation sites is 1. The number of hydrogen-bond acceptors (Lipinski definition) is 2. The van der Waals surface area contributed by atoms with Crippen molar-refractivity contribution in [2.24, 2.45) is 4.99 Å². The smallest absolute Gasteiger partial charge is 0.280 e. The molecule has 0 radical (unpaired) electrons. The predicted octanol–water partition coefficient (Wildman–Crippen LogP) is 4.62. The molecule has 0 aliphatic rings. The van der Waals surface area contributed by atoms with E-state index < -0.39 is 0 Å². The zero-order valence-corrected chi connectivity index (χ0v) is 14.5. The number of fused-ring (bicyclic) bond motifs is 1. The number of rotatable bonds is 3. The van der Waals surface area contributed by atoms with Crippen LogP contribution in [-0.4, -0.2) is 10.5 Å². The number of thiazole rings is 1. The molecule has 1 aromatic heterocycles. The second kappa shape index (κ2) is 6.58. The quantitative estimate of drug-likeness (QED) is 0.658. The van der Waals surface area contributed by atoms with Crippen molar-refractivity contribution in [3.05, 3.63) is 63.4 Å². The summed E-state index contributed by atoms with van der Waals surface area (Å²) in [6, 6.07) is 15.5. The molecule has 0 unspecified atom stereocenters. The third-order valence-corrected chi connectivity index (χ3v) is 5.09. The van der Waals surface area contributed by atoms with E-state index in [1.54, 1.807) is 17.4 Å². The molecular weight excluding hydrogens is 360 g/mol. The maximum atomic E-state index is 12.5. The molecule has 0 fully saturated rings. The molecule has 0 saturated carbocycles. The van der Waals surface area contributed by atoms with Crippen LogP contribution in [-0.2, 0) is 6.54 Å². The maximum Gasteiger partial charge on any atom is 0.280 e. The molecule has 112 valence electrons. The number of benzene rings is 2.